The number of alkyl halides is 4. The standard InChI is InChI=1S/C21H22F4N8O/c1-31-10-17(21(24,25)11-31)26-20-27-19(34-2)18-14(5-6-32(18)29-20)12-3-4-15-16(7-12)33(30-28-15)13(8-22)9-23/h3-7,13,17H,8-11H2,1-2H3,(H,26,29). The van der Waals surface area contributed by atoms with Gasteiger partial charge in [-0.05, 0) is 30.8 Å². The maximum atomic E-state index is 14.3. The van der Waals surface area contributed by atoms with Gasteiger partial charge in [-0.3, -0.25) is 4.90 Å². The molecule has 0 amide bonds. The van der Waals surface area contributed by atoms with E-state index in [0.717, 1.165) is 0 Å². The minimum absolute atomic E-state index is 0.0120. The molecule has 0 saturated carbocycles. The molecule has 1 unspecified atom stereocenters. The molecular formula is C21H22F4N8O. The van der Waals surface area contributed by atoms with Crippen molar-refractivity contribution in [1.82, 2.24) is 34.5 Å². The van der Waals surface area contributed by atoms with Crippen LogP contribution in [-0.2, 0) is 0 Å². The molecule has 1 N–H and O–H groups in total. The average Bonchev–Trinajstić information content (AvgIpc) is 3.49. The summed E-state index contributed by atoms with van der Waals surface area (Å²) in [5.41, 5.74) is 2.86. The minimum Gasteiger partial charge on any atom is -0.479 e. The van der Waals surface area contributed by atoms with E-state index in [1.807, 2.05) is 0 Å². The van der Waals surface area contributed by atoms with E-state index in [9.17, 15) is 17.6 Å². The second-order valence-corrected chi connectivity index (χ2v) is 8.32. The van der Waals surface area contributed by atoms with E-state index in [1.54, 1.807) is 37.5 Å². The zero-order chi connectivity index (χ0) is 24.0. The number of likely N-dealkylation sites (tertiary alicyclic amines) is 1. The SMILES string of the molecule is COc1nc(NC2CN(C)CC2(F)F)nn2ccc(-c3ccc4nnn(C(CF)CF)c4c3)c12. The summed E-state index contributed by atoms with van der Waals surface area (Å²) in [5.74, 6) is -2.73. The van der Waals surface area contributed by atoms with Gasteiger partial charge in [-0.15, -0.1) is 10.2 Å². The van der Waals surface area contributed by atoms with Gasteiger partial charge in [0.05, 0.1) is 19.2 Å². The van der Waals surface area contributed by atoms with Gasteiger partial charge in [0.25, 0.3) is 5.92 Å². The van der Waals surface area contributed by atoms with Gasteiger partial charge >= 0.3 is 0 Å². The molecule has 1 aromatic carbocycles. The zero-order valence-corrected chi connectivity index (χ0v) is 18.4. The Hall–Kier alpha value is -3.48. The Morgan fingerprint density at radius 1 is 1.24 bits per heavy atom. The van der Waals surface area contributed by atoms with Crippen LogP contribution in [0.1, 0.15) is 6.04 Å². The fourth-order valence-corrected chi connectivity index (χ4v) is 4.26. The minimum atomic E-state index is -2.92. The van der Waals surface area contributed by atoms with Crippen molar-refractivity contribution in [2.75, 3.05) is 45.9 Å². The van der Waals surface area contributed by atoms with Crippen molar-refractivity contribution in [2.24, 2.45) is 0 Å². The number of nitrogens with one attached hydrogen (secondary N) is 1. The molecule has 4 heterocycles. The van der Waals surface area contributed by atoms with Crippen molar-refractivity contribution >= 4 is 22.5 Å². The molecule has 1 atom stereocenters. The molecule has 3 aromatic heterocycles. The first-order valence-corrected chi connectivity index (χ1v) is 10.6. The number of anilines is 1. The van der Waals surface area contributed by atoms with E-state index < -0.39 is 31.4 Å². The number of hydrogen-bond acceptors (Lipinski definition) is 7. The molecule has 1 aliphatic heterocycles. The lowest BCUT2D eigenvalue weighted by Gasteiger charge is -2.19. The monoisotopic (exact) mass is 478 g/mol. The summed E-state index contributed by atoms with van der Waals surface area (Å²) in [6.45, 7) is -2.03. The molecule has 180 valence electrons. The molecule has 0 bridgehead atoms. The molecule has 0 radical (unpaired) electrons. The zero-order valence-electron chi connectivity index (χ0n) is 18.4. The highest BCUT2D eigenvalue weighted by atomic mass is 19.3. The molecule has 0 spiro atoms. The van der Waals surface area contributed by atoms with Gasteiger partial charge < -0.3 is 10.1 Å². The summed E-state index contributed by atoms with van der Waals surface area (Å²) in [5, 5.41) is 14.9. The number of methoxy groups -OCH3 is 1. The Bertz CT molecular complexity index is 1340. The van der Waals surface area contributed by atoms with E-state index in [4.69, 9.17) is 4.74 Å². The molecule has 13 heteroatoms. The van der Waals surface area contributed by atoms with Gasteiger partial charge in [0.15, 0.2) is 0 Å². The number of nitrogens with zero attached hydrogens (tertiary/aromatic N) is 7. The Kier molecular flexibility index (Phi) is 5.50. The van der Waals surface area contributed by atoms with Gasteiger partial charge in [-0.2, -0.15) is 4.98 Å². The number of ether oxygens (including phenoxy) is 1. The highest BCUT2D eigenvalue weighted by molar-refractivity contribution is 5.89. The largest absolute Gasteiger partial charge is 0.479 e. The van der Waals surface area contributed by atoms with Crippen LogP contribution in [0.15, 0.2) is 30.5 Å². The number of fused-ring (bicyclic) bond motifs is 2. The summed E-state index contributed by atoms with van der Waals surface area (Å²) in [6.07, 6.45) is 1.66. The third-order valence-corrected chi connectivity index (χ3v) is 5.94. The van der Waals surface area contributed by atoms with Crippen molar-refractivity contribution in [2.45, 2.75) is 18.0 Å². The first kappa shape index (κ1) is 22.3. The van der Waals surface area contributed by atoms with Crippen LogP contribution >= 0.6 is 0 Å². The summed E-state index contributed by atoms with van der Waals surface area (Å²) < 4.78 is 63.2. The van der Waals surface area contributed by atoms with Gasteiger partial charge in [0.1, 0.15) is 36.5 Å². The van der Waals surface area contributed by atoms with Crippen LogP contribution in [0.4, 0.5) is 23.5 Å². The fourth-order valence-electron chi connectivity index (χ4n) is 4.26. The molecule has 4 aromatic rings. The molecule has 1 saturated heterocycles. The molecule has 1 fully saturated rings. The van der Waals surface area contributed by atoms with Gasteiger partial charge in [0, 0.05) is 18.3 Å². The van der Waals surface area contributed by atoms with Crippen LogP contribution in [0.2, 0.25) is 0 Å². The first-order valence-electron chi connectivity index (χ1n) is 10.6. The highest BCUT2D eigenvalue weighted by Crippen LogP contribution is 2.34. The van der Waals surface area contributed by atoms with Crippen molar-refractivity contribution in [1.29, 1.82) is 0 Å². The lowest BCUT2D eigenvalue weighted by Crippen LogP contribution is -2.38. The lowest BCUT2D eigenvalue weighted by molar-refractivity contribution is 0.00583. The fraction of sp³-hybridized carbons (Fsp3) is 0.429. The van der Waals surface area contributed by atoms with Crippen LogP contribution in [0.3, 0.4) is 0 Å². The Balaban J connectivity index is 1.55. The summed E-state index contributed by atoms with van der Waals surface area (Å²) in [4.78, 5) is 5.85. The van der Waals surface area contributed by atoms with Crippen LogP contribution in [0, 0.1) is 0 Å². The normalized spacial score (nSPS) is 18.4. The predicted molar refractivity (Wildman–Crippen MR) is 117 cm³/mol. The van der Waals surface area contributed by atoms with Crippen molar-refractivity contribution in [3.05, 3.63) is 30.5 Å². The lowest BCUT2D eigenvalue weighted by atomic mass is 10.1. The van der Waals surface area contributed by atoms with Crippen LogP contribution in [0.5, 0.6) is 5.88 Å². The average molecular weight is 478 g/mol. The third kappa shape index (κ3) is 3.69. The topological polar surface area (TPSA) is 85.4 Å². The molecule has 34 heavy (non-hydrogen) atoms. The number of likely N-dealkylation sites (N-methyl/N-ethyl adjacent to an activating group) is 1. The van der Waals surface area contributed by atoms with Gasteiger partial charge in [0.2, 0.25) is 11.8 Å². The van der Waals surface area contributed by atoms with E-state index in [-0.39, 0.29) is 24.9 Å². The molecular weight excluding hydrogens is 456 g/mol. The van der Waals surface area contributed by atoms with Gasteiger partial charge in [-0.1, -0.05) is 11.3 Å². The number of benzene rings is 1. The van der Waals surface area contributed by atoms with Crippen molar-refractivity contribution in [3.8, 4) is 17.0 Å². The smallest absolute Gasteiger partial charge is 0.281 e. The maximum Gasteiger partial charge on any atom is 0.281 e. The van der Waals surface area contributed by atoms with Crippen LogP contribution < -0.4 is 10.1 Å². The Labute approximate surface area is 191 Å². The van der Waals surface area contributed by atoms with E-state index in [0.29, 0.717) is 27.7 Å². The number of rotatable bonds is 7. The number of hydrogen-bond donors (Lipinski definition) is 1. The van der Waals surface area contributed by atoms with E-state index >= 15 is 0 Å². The molecule has 0 aliphatic carbocycles. The second-order valence-electron chi connectivity index (χ2n) is 8.32. The van der Waals surface area contributed by atoms with E-state index in [2.05, 4.69) is 25.7 Å². The third-order valence-electron chi connectivity index (χ3n) is 5.94. The number of halogens is 4. The summed E-state index contributed by atoms with van der Waals surface area (Å²) in [7, 11) is 3.05. The quantitative estimate of drug-likeness (QED) is 0.409. The molecule has 9 nitrogen and oxygen atoms in total. The van der Waals surface area contributed by atoms with Crippen LogP contribution in [0.25, 0.3) is 27.7 Å². The van der Waals surface area contributed by atoms with Gasteiger partial charge in [-0.25, -0.2) is 26.8 Å². The summed E-state index contributed by atoms with van der Waals surface area (Å²) >= 11 is 0. The molecule has 5 rings (SSSR count). The predicted octanol–water partition coefficient (Wildman–Crippen LogP) is 2.99. The summed E-state index contributed by atoms with van der Waals surface area (Å²) in [6, 6.07) is 4.79. The first-order chi connectivity index (χ1) is 16.3. The maximum absolute atomic E-state index is 14.3. The molecule has 1 aliphatic rings. The van der Waals surface area contributed by atoms with E-state index in [1.165, 1.54) is 21.2 Å². The highest BCUT2D eigenvalue weighted by Gasteiger charge is 2.47. The Morgan fingerprint density at radius 3 is 2.71 bits per heavy atom. The Morgan fingerprint density at radius 2 is 2.03 bits per heavy atom. The number of aromatic nitrogens is 6. The second kappa shape index (κ2) is 8.38. The van der Waals surface area contributed by atoms with Crippen LogP contribution in [-0.4, -0.2) is 87.1 Å². The van der Waals surface area contributed by atoms with Crippen molar-refractivity contribution < 1.29 is 22.3 Å². The van der Waals surface area contributed by atoms with Crippen molar-refractivity contribution in [3.63, 3.8) is 0 Å².